The zero-order valence-electron chi connectivity index (χ0n) is 70.3. The first-order valence-corrected chi connectivity index (χ1v) is 46.7. The maximum Gasteiger partial charge on any atom is 0.0562 e. The van der Waals surface area contributed by atoms with Gasteiger partial charge < -0.3 is 0 Å². The van der Waals surface area contributed by atoms with Gasteiger partial charge in [-0.2, -0.15) is 0 Å². The summed E-state index contributed by atoms with van der Waals surface area (Å²) in [6.45, 7) is 14.0. The highest BCUT2D eigenvalue weighted by Gasteiger charge is 2.12. The van der Waals surface area contributed by atoms with Crippen molar-refractivity contribution in [1.29, 1.82) is 0 Å². The lowest BCUT2D eigenvalue weighted by Crippen LogP contribution is -1.96. The second-order valence-electron chi connectivity index (χ2n) is 33.3. The van der Waals surface area contributed by atoms with Crippen LogP contribution in [-0.4, -0.2) is 0 Å². The molecule has 0 aromatic heterocycles. The van der Waals surface area contributed by atoms with Crippen LogP contribution >= 0.6 is 0 Å². The van der Waals surface area contributed by atoms with Gasteiger partial charge in [-0.15, -0.1) is 0 Å². The third kappa shape index (κ3) is 38.8. The van der Waals surface area contributed by atoms with Crippen molar-refractivity contribution in [2.24, 2.45) is 0 Å². The van der Waals surface area contributed by atoms with E-state index in [1.54, 1.807) is 0 Å². The fraction of sp³-hybridized carbons (Fsp3) is 0.679. The van der Waals surface area contributed by atoms with Gasteiger partial charge in [0.2, 0.25) is 0 Å². The minimum Gasteiger partial charge on any atom is -0.0654 e. The van der Waals surface area contributed by atoms with Crippen LogP contribution in [0.15, 0.2) is 48.5 Å². The first-order chi connectivity index (χ1) is 52.5. The SMILES string of the molecule is CCCCCCCCCCCCc1cc2c#cc3cc(CCCCCCCCCCCC)c(CCCCCCCCCCCC)cc3c#cc3cc(CCCCCCCCCCCC)cc4c#cc5cc(CCCCCCCCCCCC)c(CCCCCCCCCCCC)cc5c#cc(c1)c2C#Cc34. The Morgan fingerprint density at radius 3 is 0.462 bits per heavy atom. The van der Waals surface area contributed by atoms with Gasteiger partial charge in [0.1, 0.15) is 0 Å². The molecule has 0 unspecified atom stereocenters. The molecule has 0 N–H and O–H groups in total. The number of hydrogen-bond donors (Lipinski definition) is 0. The largest absolute Gasteiger partial charge is 0.0654 e. The molecule has 6 rings (SSSR count). The zero-order chi connectivity index (χ0) is 74.6. The van der Waals surface area contributed by atoms with Gasteiger partial charge in [-0.1, -0.05) is 449 Å². The monoisotopic (exact) mass is 1430 g/mol. The summed E-state index contributed by atoms with van der Waals surface area (Å²) in [5.41, 5.74) is 10.6. The predicted molar refractivity (Wildman–Crippen MR) is 470 cm³/mol. The minimum absolute atomic E-state index is 0.953. The van der Waals surface area contributed by atoms with Crippen LogP contribution < -0.4 is 0 Å². The van der Waals surface area contributed by atoms with E-state index in [0.29, 0.717) is 0 Å². The summed E-state index contributed by atoms with van der Waals surface area (Å²) in [6, 6.07) is 51.1. The predicted octanol–water partition coefficient (Wildman–Crippen LogP) is 34.0. The van der Waals surface area contributed by atoms with Crippen LogP contribution in [0, 0.1) is 60.4 Å². The Balaban J connectivity index is 1.51. The number of rotatable bonds is 66. The lowest BCUT2D eigenvalue weighted by molar-refractivity contribution is 0.553. The van der Waals surface area contributed by atoms with E-state index in [2.05, 4.69) is 150 Å². The van der Waals surface area contributed by atoms with Gasteiger partial charge in [0.05, 0.1) is 11.1 Å². The second-order valence-corrected chi connectivity index (χ2v) is 33.3. The average molecular weight is 1430 g/mol. The average Bonchev–Trinajstić information content (AvgIpc) is 0.788. The van der Waals surface area contributed by atoms with E-state index in [4.69, 9.17) is 0 Å². The second kappa shape index (κ2) is 60.5. The van der Waals surface area contributed by atoms with E-state index in [0.717, 1.165) is 92.7 Å². The number of unbranched alkanes of at least 4 members (excludes halogenated alkanes) is 54. The molecule has 0 saturated carbocycles. The Morgan fingerprint density at radius 1 is 0.151 bits per heavy atom. The third-order valence-electron chi connectivity index (χ3n) is 23.6. The molecule has 0 aliphatic heterocycles. The van der Waals surface area contributed by atoms with Crippen LogP contribution in [0.5, 0.6) is 0 Å². The lowest BCUT2D eigenvalue weighted by atomic mass is 9.93. The first kappa shape index (κ1) is 89.6. The van der Waals surface area contributed by atoms with Gasteiger partial charge >= 0.3 is 0 Å². The van der Waals surface area contributed by atoms with Gasteiger partial charge in [-0.3, -0.25) is 0 Å². The number of hydrogen-bond acceptors (Lipinski definition) is 0. The van der Waals surface area contributed by atoms with Crippen molar-refractivity contribution >= 4 is 43.1 Å². The standard InChI is InChI=1S/C106H158/c1-7-13-19-25-31-37-43-49-55-61-67-91-83-101-77-73-97-87-93(69-63-57-51-45-39-33-27-21-15-9-3)95(71-65-59-53-47-41-35-29-23-17-11-5)89-99(97)75-79-103-85-92(68-62-56-50-44-38-32-26-20-14-8-2)86-104-80-76-100-90-96(72-66-60-54-48-42-36-30-24-18-12-6)94(70-64-58-52-46-40-34-28-22-16-10-4)88-98(100)74-78-102(84-91)105(101)81-82-106(103)104/h83-90H,7-72H2,1-6H3. The number of aryl methyl sites for hydroxylation is 6. The molecule has 0 heterocycles. The topological polar surface area (TPSA) is 0 Å². The molecule has 106 heavy (non-hydrogen) atoms. The van der Waals surface area contributed by atoms with Gasteiger partial charge in [-0.25, -0.2) is 0 Å². The van der Waals surface area contributed by atoms with Crippen molar-refractivity contribution in [3.8, 4) is 11.8 Å². The summed E-state index contributed by atoms with van der Waals surface area (Å²) in [6.07, 6.45) is 87.0. The molecule has 0 radical (unpaired) electrons. The van der Waals surface area contributed by atoms with Crippen LogP contribution in [0.1, 0.15) is 471 Å². The molecule has 0 heteroatoms. The molecule has 2 bridgehead atoms. The number of benzene rings is 4. The summed E-state index contributed by atoms with van der Waals surface area (Å²) >= 11 is 0. The molecule has 582 valence electrons. The molecule has 4 aromatic carbocycles. The fourth-order valence-corrected chi connectivity index (χ4v) is 16.6. The van der Waals surface area contributed by atoms with E-state index >= 15 is 0 Å². The molecule has 0 nitrogen and oxygen atoms in total. The Kier molecular flexibility index (Phi) is 51.1. The van der Waals surface area contributed by atoms with Crippen molar-refractivity contribution in [3.63, 3.8) is 0 Å². The molecular weight excluding hydrogens is 1270 g/mol. The minimum atomic E-state index is 0.953. The van der Waals surface area contributed by atoms with E-state index in [1.165, 1.54) is 419 Å². The van der Waals surface area contributed by atoms with E-state index in [1.807, 2.05) is 0 Å². The van der Waals surface area contributed by atoms with E-state index in [9.17, 15) is 0 Å². The molecule has 0 fully saturated rings. The molecule has 2 aliphatic rings. The molecular formula is C106H158. The summed E-state index contributed by atoms with van der Waals surface area (Å²) < 4.78 is 0. The molecule has 4 aromatic rings. The third-order valence-corrected chi connectivity index (χ3v) is 23.6. The van der Waals surface area contributed by atoms with Crippen molar-refractivity contribution in [3.05, 3.63) is 142 Å². The zero-order valence-corrected chi connectivity index (χ0v) is 70.3. The Labute approximate surface area is 657 Å². The maximum absolute atomic E-state index is 3.93. The quantitative estimate of drug-likeness (QED) is 0.0264. The fourth-order valence-electron chi connectivity index (χ4n) is 16.6. The van der Waals surface area contributed by atoms with Crippen molar-refractivity contribution in [1.82, 2.24) is 0 Å². The highest BCUT2D eigenvalue weighted by Crippen LogP contribution is 2.29. The van der Waals surface area contributed by atoms with Crippen LogP contribution in [-0.2, 0) is 38.5 Å². The Morgan fingerprint density at radius 2 is 0.292 bits per heavy atom. The molecule has 0 spiro atoms. The van der Waals surface area contributed by atoms with Crippen LogP contribution in [0.3, 0.4) is 0 Å². The van der Waals surface area contributed by atoms with Crippen LogP contribution in [0.2, 0.25) is 0 Å². The first-order valence-electron chi connectivity index (χ1n) is 46.7. The van der Waals surface area contributed by atoms with Crippen LogP contribution in [0.4, 0.5) is 0 Å². The van der Waals surface area contributed by atoms with Crippen LogP contribution in [0.25, 0.3) is 43.1 Å². The van der Waals surface area contributed by atoms with Gasteiger partial charge in [0.15, 0.2) is 0 Å². The highest BCUT2D eigenvalue weighted by atomic mass is 14.2. The molecule has 2 aliphatic carbocycles. The lowest BCUT2D eigenvalue weighted by Gasteiger charge is -2.11. The van der Waals surface area contributed by atoms with Crippen molar-refractivity contribution < 1.29 is 0 Å². The Bertz CT molecular complexity index is 2900. The Hall–Kier alpha value is -5.32. The van der Waals surface area contributed by atoms with Crippen molar-refractivity contribution in [2.75, 3.05) is 0 Å². The normalized spacial score (nSPS) is 11.4. The maximum atomic E-state index is 3.93. The van der Waals surface area contributed by atoms with Gasteiger partial charge in [0.25, 0.3) is 0 Å². The molecule has 0 saturated heterocycles. The smallest absolute Gasteiger partial charge is 0.0562 e. The van der Waals surface area contributed by atoms with Gasteiger partial charge in [0, 0.05) is 43.1 Å². The van der Waals surface area contributed by atoms with Gasteiger partial charge in [-0.05, 0) is 159 Å². The summed E-state index contributed by atoms with van der Waals surface area (Å²) in [4.78, 5) is 0. The summed E-state index contributed by atoms with van der Waals surface area (Å²) in [5.74, 6) is 7.77. The van der Waals surface area contributed by atoms with Crippen molar-refractivity contribution in [2.45, 2.75) is 465 Å². The summed E-state index contributed by atoms with van der Waals surface area (Å²) in [5, 5.41) is 8.28. The molecule has 0 amide bonds. The van der Waals surface area contributed by atoms with E-state index in [-0.39, 0.29) is 0 Å². The number of fused-ring (bicyclic) bond motifs is 2. The van der Waals surface area contributed by atoms with E-state index < -0.39 is 0 Å². The highest BCUT2D eigenvalue weighted by molar-refractivity contribution is 5.88. The molecule has 0 atom stereocenters. The summed E-state index contributed by atoms with van der Waals surface area (Å²) in [7, 11) is 0.